The van der Waals surface area contributed by atoms with E-state index in [1.165, 1.54) is 25.8 Å². The van der Waals surface area contributed by atoms with E-state index in [2.05, 4.69) is 17.1 Å². The van der Waals surface area contributed by atoms with E-state index in [0.717, 1.165) is 19.5 Å². The number of piperidine rings is 1. The Balaban J connectivity index is 2.19. The highest BCUT2D eigenvalue weighted by Gasteiger charge is 2.21. The van der Waals surface area contributed by atoms with E-state index < -0.39 is 12.0 Å². The largest absolute Gasteiger partial charge is 0.480 e. The molecule has 0 saturated carbocycles. The number of hydrogen-bond acceptors (Lipinski definition) is 3. The van der Waals surface area contributed by atoms with Crippen molar-refractivity contribution < 1.29 is 9.90 Å². The molecule has 1 aliphatic rings. The lowest BCUT2D eigenvalue weighted by molar-refractivity contribution is -0.140. The number of hydrogen-bond donors (Lipinski definition) is 2. The second-order valence-corrected chi connectivity index (χ2v) is 5.75. The van der Waals surface area contributed by atoms with Crippen LogP contribution >= 0.6 is 0 Å². The minimum Gasteiger partial charge on any atom is -0.480 e. The summed E-state index contributed by atoms with van der Waals surface area (Å²) in [6.45, 7) is 9.25. The van der Waals surface area contributed by atoms with Crippen LogP contribution in [0, 0.1) is 5.92 Å². The highest BCUT2D eigenvalue weighted by molar-refractivity contribution is 5.73. The molecule has 2 atom stereocenters. The van der Waals surface area contributed by atoms with Gasteiger partial charge in [0.1, 0.15) is 6.04 Å². The second kappa shape index (κ2) is 7.74. The van der Waals surface area contributed by atoms with E-state index in [4.69, 9.17) is 5.11 Å². The van der Waals surface area contributed by atoms with Gasteiger partial charge < -0.3 is 15.3 Å². The Bertz CT molecular complexity index is 256. The zero-order valence-electron chi connectivity index (χ0n) is 12.0. The Kier molecular flexibility index (Phi) is 6.65. The van der Waals surface area contributed by atoms with Crippen molar-refractivity contribution in [2.75, 3.05) is 19.6 Å². The summed E-state index contributed by atoms with van der Waals surface area (Å²) in [5.41, 5.74) is 0. The van der Waals surface area contributed by atoms with E-state index in [1.807, 2.05) is 13.8 Å². The van der Waals surface area contributed by atoms with E-state index in [-0.39, 0.29) is 5.92 Å². The number of carboxylic acids is 1. The number of nitrogens with zero attached hydrogens (tertiary/aromatic N) is 1. The summed E-state index contributed by atoms with van der Waals surface area (Å²) in [5, 5.41) is 12.2. The molecule has 0 aliphatic carbocycles. The summed E-state index contributed by atoms with van der Waals surface area (Å²) in [7, 11) is 0. The fraction of sp³-hybridized carbons (Fsp3) is 0.929. The van der Waals surface area contributed by atoms with Gasteiger partial charge in [-0.25, -0.2) is 0 Å². The number of carbonyl (C=O) groups is 1. The van der Waals surface area contributed by atoms with Crippen LogP contribution in [0.5, 0.6) is 0 Å². The van der Waals surface area contributed by atoms with Crippen LogP contribution in [0.2, 0.25) is 0 Å². The van der Waals surface area contributed by atoms with Crippen molar-refractivity contribution in [2.45, 2.75) is 58.5 Å². The van der Waals surface area contributed by atoms with Gasteiger partial charge in [-0.3, -0.25) is 4.79 Å². The fourth-order valence-corrected chi connectivity index (χ4v) is 2.64. The first-order valence-corrected chi connectivity index (χ1v) is 7.22. The van der Waals surface area contributed by atoms with E-state index in [9.17, 15) is 4.79 Å². The molecule has 0 aromatic heterocycles. The van der Waals surface area contributed by atoms with Crippen molar-refractivity contribution in [1.82, 2.24) is 10.2 Å². The lowest BCUT2D eigenvalue weighted by Gasteiger charge is -2.33. The van der Waals surface area contributed by atoms with Crippen LogP contribution in [0.4, 0.5) is 0 Å². The van der Waals surface area contributed by atoms with Crippen LogP contribution in [-0.2, 0) is 4.79 Å². The van der Waals surface area contributed by atoms with E-state index in [0.29, 0.717) is 6.04 Å². The summed E-state index contributed by atoms with van der Waals surface area (Å²) >= 11 is 0. The Morgan fingerprint density at radius 1 is 1.44 bits per heavy atom. The van der Waals surface area contributed by atoms with Crippen molar-refractivity contribution in [1.29, 1.82) is 0 Å². The summed E-state index contributed by atoms with van der Waals surface area (Å²) in [6, 6.07) is 0.280. The molecule has 1 rings (SSSR count). The van der Waals surface area contributed by atoms with Gasteiger partial charge in [-0.15, -0.1) is 0 Å². The minimum absolute atomic E-state index is 0.136. The molecular formula is C14H28N2O2. The first-order chi connectivity index (χ1) is 8.52. The predicted molar refractivity (Wildman–Crippen MR) is 73.8 cm³/mol. The number of carboxylic acid groups (broad SMARTS) is 1. The van der Waals surface area contributed by atoms with Gasteiger partial charge in [0.2, 0.25) is 0 Å². The SMILES string of the molecule is CC(C)C(NCCCN1CCCCC1C)C(=O)O. The van der Waals surface area contributed by atoms with Gasteiger partial charge in [0.05, 0.1) is 0 Å². The number of rotatable bonds is 7. The van der Waals surface area contributed by atoms with Crippen molar-refractivity contribution >= 4 is 5.97 Å². The second-order valence-electron chi connectivity index (χ2n) is 5.75. The number of likely N-dealkylation sites (tertiary alicyclic amines) is 1. The molecule has 1 heterocycles. The van der Waals surface area contributed by atoms with Crippen molar-refractivity contribution in [3.63, 3.8) is 0 Å². The Morgan fingerprint density at radius 2 is 2.17 bits per heavy atom. The molecule has 1 fully saturated rings. The maximum absolute atomic E-state index is 11.0. The van der Waals surface area contributed by atoms with Crippen molar-refractivity contribution in [3.8, 4) is 0 Å². The standard InChI is InChI=1S/C14H28N2O2/c1-11(2)13(14(17)18)15-8-6-10-16-9-5-4-7-12(16)3/h11-13,15H,4-10H2,1-3H3,(H,17,18). The lowest BCUT2D eigenvalue weighted by Crippen LogP contribution is -2.43. The first kappa shape index (κ1) is 15.4. The van der Waals surface area contributed by atoms with Gasteiger partial charge in [0, 0.05) is 6.04 Å². The molecule has 0 radical (unpaired) electrons. The molecule has 0 spiro atoms. The lowest BCUT2D eigenvalue weighted by atomic mass is 10.0. The summed E-state index contributed by atoms with van der Waals surface area (Å²) < 4.78 is 0. The number of nitrogens with one attached hydrogen (secondary N) is 1. The molecule has 106 valence electrons. The summed E-state index contributed by atoms with van der Waals surface area (Å²) in [5.74, 6) is -0.604. The van der Waals surface area contributed by atoms with E-state index >= 15 is 0 Å². The van der Waals surface area contributed by atoms with Gasteiger partial charge in [0.15, 0.2) is 0 Å². The average molecular weight is 256 g/mol. The normalized spacial score (nSPS) is 23.2. The average Bonchev–Trinajstić information content (AvgIpc) is 2.30. The third-order valence-electron chi connectivity index (χ3n) is 3.86. The molecule has 4 heteroatoms. The Labute approximate surface area is 111 Å². The molecule has 0 amide bonds. The maximum atomic E-state index is 11.0. The van der Waals surface area contributed by atoms with Crippen LogP contribution in [0.25, 0.3) is 0 Å². The molecule has 18 heavy (non-hydrogen) atoms. The molecule has 2 N–H and O–H groups in total. The van der Waals surface area contributed by atoms with Gasteiger partial charge >= 0.3 is 5.97 Å². The molecule has 1 aliphatic heterocycles. The molecule has 0 aromatic rings. The molecular weight excluding hydrogens is 228 g/mol. The third-order valence-corrected chi connectivity index (χ3v) is 3.86. The molecule has 1 saturated heterocycles. The van der Waals surface area contributed by atoms with Crippen LogP contribution in [-0.4, -0.2) is 47.7 Å². The fourth-order valence-electron chi connectivity index (χ4n) is 2.64. The summed E-state index contributed by atoms with van der Waals surface area (Å²) in [6.07, 6.45) is 4.99. The van der Waals surface area contributed by atoms with Crippen LogP contribution < -0.4 is 5.32 Å². The quantitative estimate of drug-likeness (QED) is 0.684. The Hall–Kier alpha value is -0.610. The topological polar surface area (TPSA) is 52.6 Å². The number of aliphatic carboxylic acids is 1. The van der Waals surface area contributed by atoms with Gasteiger partial charge in [-0.05, 0) is 51.7 Å². The highest BCUT2D eigenvalue weighted by Crippen LogP contribution is 2.16. The third kappa shape index (κ3) is 4.94. The van der Waals surface area contributed by atoms with Gasteiger partial charge in [-0.2, -0.15) is 0 Å². The maximum Gasteiger partial charge on any atom is 0.320 e. The zero-order chi connectivity index (χ0) is 13.5. The zero-order valence-corrected chi connectivity index (χ0v) is 12.0. The molecule has 0 bridgehead atoms. The molecule has 0 aromatic carbocycles. The van der Waals surface area contributed by atoms with Gasteiger partial charge in [-0.1, -0.05) is 20.3 Å². The highest BCUT2D eigenvalue weighted by atomic mass is 16.4. The Morgan fingerprint density at radius 3 is 2.72 bits per heavy atom. The van der Waals surface area contributed by atoms with Crippen molar-refractivity contribution in [2.24, 2.45) is 5.92 Å². The van der Waals surface area contributed by atoms with Crippen LogP contribution in [0.15, 0.2) is 0 Å². The smallest absolute Gasteiger partial charge is 0.320 e. The first-order valence-electron chi connectivity index (χ1n) is 7.22. The van der Waals surface area contributed by atoms with Gasteiger partial charge in [0.25, 0.3) is 0 Å². The van der Waals surface area contributed by atoms with E-state index in [1.54, 1.807) is 0 Å². The monoisotopic (exact) mass is 256 g/mol. The van der Waals surface area contributed by atoms with Crippen molar-refractivity contribution in [3.05, 3.63) is 0 Å². The minimum atomic E-state index is -0.739. The predicted octanol–water partition coefficient (Wildman–Crippen LogP) is 1.95. The molecule has 2 unspecified atom stereocenters. The van der Waals surface area contributed by atoms with Crippen LogP contribution in [0.1, 0.15) is 46.5 Å². The van der Waals surface area contributed by atoms with Crippen LogP contribution in [0.3, 0.4) is 0 Å². The summed E-state index contributed by atoms with van der Waals surface area (Å²) in [4.78, 5) is 13.5. The molecule has 4 nitrogen and oxygen atoms in total.